The Labute approximate surface area is 187 Å². The molecule has 0 aromatic heterocycles. The molecule has 1 N–H and O–H groups in total. The average molecular weight is 431 g/mol. The molecule has 0 spiro atoms. The lowest BCUT2D eigenvalue weighted by atomic mass is 9.99. The Kier molecular flexibility index (Phi) is 6.40. The van der Waals surface area contributed by atoms with Crippen LogP contribution in [0.3, 0.4) is 0 Å². The number of methoxy groups -OCH3 is 1. The number of rotatable bonds is 6. The number of nitrogens with zero attached hydrogens (tertiary/aromatic N) is 1. The molecule has 0 aliphatic carbocycles. The van der Waals surface area contributed by atoms with E-state index in [1.807, 2.05) is 17.0 Å². The van der Waals surface area contributed by atoms with Crippen LogP contribution in [-0.4, -0.2) is 32.1 Å². The average Bonchev–Trinajstić information content (AvgIpc) is 2.82. The maximum absolute atomic E-state index is 13.1. The van der Waals surface area contributed by atoms with E-state index in [1.165, 1.54) is 11.1 Å². The molecule has 0 atom stereocenters. The Morgan fingerprint density at radius 1 is 1.00 bits per heavy atom. The van der Waals surface area contributed by atoms with E-state index in [0.717, 1.165) is 18.5 Å². The number of fused-ring (bicyclic) bond motifs is 1. The fourth-order valence-corrected chi connectivity index (χ4v) is 3.83. The van der Waals surface area contributed by atoms with E-state index in [9.17, 15) is 9.59 Å². The van der Waals surface area contributed by atoms with Crippen LogP contribution in [0.4, 0.5) is 11.4 Å². The summed E-state index contributed by atoms with van der Waals surface area (Å²) in [5.74, 6) is 0.878. The van der Waals surface area contributed by atoms with Crippen molar-refractivity contribution in [2.24, 2.45) is 0 Å². The van der Waals surface area contributed by atoms with Crippen LogP contribution >= 0.6 is 0 Å². The quantitative estimate of drug-likeness (QED) is 0.620. The van der Waals surface area contributed by atoms with Crippen LogP contribution in [0.15, 0.2) is 66.7 Å². The van der Waals surface area contributed by atoms with Crippen molar-refractivity contribution in [3.05, 3.63) is 83.4 Å². The number of carbonyl (C=O) groups is 2. The molecule has 0 fully saturated rings. The normalized spacial score (nSPS) is 12.6. The molecular weight excluding hydrogens is 404 g/mol. The van der Waals surface area contributed by atoms with Gasteiger partial charge in [0.15, 0.2) is 6.61 Å². The van der Waals surface area contributed by atoms with Gasteiger partial charge >= 0.3 is 0 Å². The van der Waals surface area contributed by atoms with Gasteiger partial charge in [-0.2, -0.15) is 0 Å². The third kappa shape index (κ3) is 4.91. The highest BCUT2D eigenvalue weighted by atomic mass is 16.5. The van der Waals surface area contributed by atoms with Crippen molar-refractivity contribution >= 4 is 23.2 Å². The lowest BCUT2D eigenvalue weighted by Gasteiger charge is -2.30. The number of anilines is 2. The fourth-order valence-electron chi connectivity index (χ4n) is 3.83. The first-order valence-electron chi connectivity index (χ1n) is 10.6. The lowest BCUT2D eigenvalue weighted by Crippen LogP contribution is -2.35. The van der Waals surface area contributed by atoms with E-state index < -0.39 is 0 Å². The molecule has 2 amide bonds. The summed E-state index contributed by atoms with van der Waals surface area (Å²) in [6.07, 6.45) is 1.94. The fraction of sp³-hybridized carbons (Fsp3) is 0.231. The highest BCUT2D eigenvalue weighted by Gasteiger charge is 2.23. The van der Waals surface area contributed by atoms with Gasteiger partial charge in [-0.05, 0) is 67.8 Å². The van der Waals surface area contributed by atoms with Crippen molar-refractivity contribution in [1.29, 1.82) is 0 Å². The first-order valence-corrected chi connectivity index (χ1v) is 10.6. The molecule has 164 valence electrons. The number of aryl methyl sites for hydroxylation is 2. The Hall–Kier alpha value is -3.80. The molecule has 1 heterocycles. The van der Waals surface area contributed by atoms with Crippen LogP contribution in [0.2, 0.25) is 0 Å². The summed E-state index contributed by atoms with van der Waals surface area (Å²) in [5, 5.41) is 2.77. The Morgan fingerprint density at radius 2 is 1.81 bits per heavy atom. The van der Waals surface area contributed by atoms with Crippen molar-refractivity contribution in [3.8, 4) is 11.5 Å². The standard InChI is InChI=1S/C26H26N2O4/c1-18-8-13-24-20(15-18)5-4-14-28(24)26(30)19-9-11-22(12-10-19)32-17-25(29)27-21-6-3-7-23(16-21)31-2/h3,6-13,15-16H,4-5,14,17H2,1-2H3,(H,27,29). The van der Waals surface area contributed by atoms with Gasteiger partial charge in [0.2, 0.25) is 0 Å². The molecule has 32 heavy (non-hydrogen) atoms. The first-order chi connectivity index (χ1) is 15.5. The minimum Gasteiger partial charge on any atom is -0.497 e. The van der Waals surface area contributed by atoms with Crippen LogP contribution in [-0.2, 0) is 11.2 Å². The summed E-state index contributed by atoms with van der Waals surface area (Å²) in [4.78, 5) is 27.1. The molecule has 6 heteroatoms. The van der Waals surface area contributed by atoms with Crippen molar-refractivity contribution in [2.45, 2.75) is 19.8 Å². The van der Waals surface area contributed by atoms with Crippen molar-refractivity contribution in [3.63, 3.8) is 0 Å². The van der Waals surface area contributed by atoms with Crippen LogP contribution in [0, 0.1) is 6.92 Å². The summed E-state index contributed by atoms with van der Waals surface area (Å²) in [5.41, 5.74) is 4.63. The van der Waals surface area contributed by atoms with E-state index in [1.54, 1.807) is 55.6 Å². The number of hydrogen-bond donors (Lipinski definition) is 1. The van der Waals surface area contributed by atoms with Gasteiger partial charge < -0.3 is 19.7 Å². The topological polar surface area (TPSA) is 67.9 Å². The van der Waals surface area contributed by atoms with Gasteiger partial charge in [0, 0.05) is 29.5 Å². The number of benzene rings is 3. The zero-order valence-corrected chi connectivity index (χ0v) is 18.3. The minimum atomic E-state index is -0.279. The van der Waals surface area contributed by atoms with Crippen LogP contribution in [0.5, 0.6) is 11.5 Å². The Balaban J connectivity index is 1.36. The largest absolute Gasteiger partial charge is 0.497 e. The molecule has 6 nitrogen and oxygen atoms in total. The number of hydrogen-bond acceptors (Lipinski definition) is 4. The summed E-state index contributed by atoms with van der Waals surface area (Å²) >= 11 is 0. The summed E-state index contributed by atoms with van der Waals surface area (Å²) in [6, 6.07) is 20.2. The maximum Gasteiger partial charge on any atom is 0.262 e. The van der Waals surface area contributed by atoms with Gasteiger partial charge in [-0.15, -0.1) is 0 Å². The van der Waals surface area contributed by atoms with E-state index in [2.05, 4.69) is 18.3 Å². The van der Waals surface area contributed by atoms with E-state index in [0.29, 0.717) is 29.3 Å². The molecule has 0 saturated heterocycles. The molecule has 3 aromatic carbocycles. The predicted octanol–water partition coefficient (Wildman–Crippen LogP) is 4.61. The monoisotopic (exact) mass is 430 g/mol. The highest BCUT2D eigenvalue weighted by molar-refractivity contribution is 6.06. The minimum absolute atomic E-state index is 0.0304. The second-order valence-corrected chi connectivity index (χ2v) is 7.79. The molecular formula is C26H26N2O4. The number of ether oxygens (including phenoxy) is 2. The Bertz CT molecular complexity index is 1120. The molecule has 0 unspecified atom stereocenters. The summed E-state index contributed by atoms with van der Waals surface area (Å²) in [6.45, 7) is 2.64. The second kappa shape index (κ2) is 9.56. The van der Waals surface area contributed by atoms with Crippen LogP contribution in [0.1, 0.15) is 27.9 Å². The van der Waals surface area contributed by atoms with E-state index >= 15 is 0 Å². The zero-order valence-electron chi connectivity index (χ0n) is 18.3. The third-order valence-electron chi connectivity index (χ3n) is 5.42. The number of nitrogens with one attached hydrogen (secondary N) is 1. The molecule has 0 bridgehead atoms. The molecule has 4 rings (SSSR count). The predicted molar refractivity (Wildman–Crippen MR) is 125 cm³/mol. The Morgan fingerprint density at radius 3 is 2.59 bits per heavy atom. The van der Waals surface area contributed by atoms with Gasteiger partial charge in [-0.25, -0.2) is 0 Å². The van der Waals surface area contributed by atoms with Gasteiger partial charge in [-0.1, -0.05) is 23.8 Å². The summed E-state index contributed by atoms with van der Waals surface area (Å²) in [7, 11) is 1.57. The van der Waals surface area contributed by atoms with Gasteiger partial charge in [0.25, 0.3) is 11.8 Å². The van der Waals surface area contributed by atoms with Gasteiger partial charge in [0.1, 0.15) is 11.5 Å². The smallest absolute Gasteiger partial charge is 0.262 e. The molecule has 0 radical (unpaired) electrons. The van der Waals surface area contributed by atoms with Crippen LogP contribution in [0.25, 0.3) is 0 Å². The van der Waals surface area contributed by atoms with Crippen LogP contribution < -0.4 is 19.7 Å². The highest BCUT2D eigenvalue weighted by Crippen LogP contribution is 2.29. The van der Waals surface area contributed by atoms with E-state index in [4.69, 9.17) is 9.47 Å². The lowest BCUT2D eigenvalue weighted by molar-refractivity contribution is -0.118. The molecule has 0 saturated carbocycles. The first kappa shape index (κ1) is 21.4. The second-order valence-electron chi connectivity index (χ2n) is 7.79. The zero-order chi connectivity index (χ0) is 22.5. The maximum atomic E-state index is 13.1. The van der Waals surface area contributed by atoms with Crippen molar-refractivity contribution in [2.75, 3.05) is 30.5 Å². The summed E-state index contributed by atoms with van der Waals surface area (Å²) < 4.78 is 10.7. The number of amides is 2. The number of carbonyl (C=O) groups excluding carboxylic acids is 2. The molecule has 3 aromatic rings. The molecule has 1 aliphatic rings. The van der Waals surface area contributed by atoms with Crippen molar-refractivity contribution in [1.82, 2.24) is 0 Å². The van der Waals surface area contributed by atoms with Crippen molar-refractivity contribution < 1.29 is 19.1 Å². The van der Waals surface area contributed by atoms with Gasteiger partial charge in [-0.3, -0.25) is 9.59 Å². The SMILES string of the molecule is COc1cccc(NC(=O)COc2ccc(C(=O)N3CCCc4cc(C)ccc43)cc2)c1. The van der Waals surface area contributed by atoms with E-state index in [-0.39, 0.29) is 18.4 Å². The third-order valence-corrected chi connectivity index (χ3v) is 5.42. The van der Waals surface area contributed by atoms with Gasteiger partial charge in [0.05, 0.1) is 7.11 Å². The molecule has 1 aliphatic heterocycles.